The lowest BCUT2D eigenvalue weighted by Crippen LogP contribution is -2.50. The quantitative estimate of drug-likeness (QED) is 0.620. The van der Waals surface area contributed by atoms with Gasteiger partial charge in [-0.25, -0.2) is 4.79 Å². The van der Waals surface area contributed by atoms with Crippen molar-refractivity contribution in [2.45, 2.75) is 19.2 Å². The van der Waals surface area contributed by atoms with Crippen LogP contribution in [0.15, 0.2) is 24.3 Å². The SMILES string of the molecule is CC(=O)OCCN1CCCN(c2ccc(CCl)cc2)C1=O. The third-order valence-corrected chi connectivity index (χ3v) is 3.69. The first-order chi connectivity index (χ1) is 10.1. The van der Waals surface area contributed by atoms with E-state index < -0.39 is 0 Å². The van der Waals surface area contributed by atoms with E-state index in [0.717, 1.165) is 17.7 Å². The standard InChI is InChI=1S/C15H19ClN2O3/c1-12(19)21-10-9-17-7-2-8-18(15(17)20)14-5-3-13(11-16)4-6-14/h3-6H,2,7-11H2,1H3. The Kier molecular flexibility index (Phi) is 5.44. The number of esters is 1. The van der Waals surface area contributed by atoms with E-state index in [1.54, 1.807) is 9.80 Å². The highest BCUT2D eigenvalue weighted by Gasteiger charge is 2.26. The summed E-state index contributed by atoms with van der Waals surface area (Å²) in [6.45, 7) is 3.41. The lowest BCUT2D eigenvalue weighted by Gasteiger charge is -2.35. The number of urea groups is 1. The van der Waals surface area contributed by atoms with E-state index in [-0.39, 0.29) is 18.6 Å². The molecule has 1 aliphatic heterocycles. The average molecular weight is 311 g/mol. The van der Waals surface area contributed by atoms with Gasteiger partial charge in [0.15, 0.2) is 0 Å². The Labute approximate surface area is 129 Å². The first kappa shape index (κ1) is 15.6. The predicted octanol–water partition coefficient (Wildman–Crippen LogP) is 2.62. The number of halogens is 1. The minimum absolute atomic E-state index is 0.0491. The summed E-state index contributed by atoms with van der Waals surface area (Å²) >= 11 is 5.77. The summed E-state index contributed by atoms with van der Waals surface area (Å²) in [6.07, 6.45) is 0.892. The summed E-state index contributed by atoms with van der Waals surface area (Å²) in [6, 6.07) is 7.61. The lowest BCUT2D eigenvalue weighted by molar-refractivity contribution is -0.141. The zero-order valence-electron chi connectivity index (χ0n) is 12.0. The van der Waals surface area contributed by atoms with Crippen molar-refractivity contribution in [3.8, 4) is 0 Å². The number of benzene rings is 1. The van der Waals surface area contributed by atoms with Crippen LogP contribution in [0.5, 0.6) is 0 Å². The van der Waals surface area contributed by atoms with Crippen molar-refractivity contribution < 1.29 is 14.3 Å². The third kappa shape index (κ3) is 4.11. The van der Waals surface area contributed by atoms with Crippen LogP contribution >= 0.6 is 11.6 Å². The van der Waals surface area contributed by atoms with Crippen LogP contribution in [0.2, 0.25) is 0 Å². The number of amides is 2. The Morgan fingerprint density at radius 1 is 1.29 bits per heavy atom. The van der Waals surface area contributed by atoms with E-state index in [9.17, 15) is 9.59 Å². The number of rotatable bonds is 5. The molecule has 2 amide bonds. The average Bonchev–Trinajstić information content (AvgIpc) is 2.49. The maximum Gasteiger partial charge on any atom is 0.324 e. The van der Waals surface area contributed by atoms with Crippen molar-refractivity contribution in [3.05, 3.63) is 29.8 Å². The van der Waals surface area contributed by atoms with Crippen molar-refractivity contribution in [2.75, 3.05) is 31.1 Å². The molecular formula is C15H19ClN2O3. The van der Waals surface area contributed by atoms with E-state index in [2.05, 4.69) is 0 Å². The molecule has 2 rings (SSSR count). The monoisotopic (exact) mass is 310 g/mol. The van der Waals surface area contributed by atoms with Crippen LogP contribution in [-0.2, 0) is 15.4 Å². The maximum atomic E-state index is 12.4. The fourth-order valence-electron chi connectivity index (χ4n) is 2.29. The van der Waals surface area contributed by atoms with Gasteiger partial charge in [-0.3, -0.25) is 9.69 Å². The molecule has 0 bridgehead atoms. The van der Waals surface area contributed by atoms with Crippen LogP contribution in [0.3, 0.4) is 0 Å². The molecule has 0 atom stereocenters. The van der Waals surface area contributed by atoms with Gasteiger partial charge in [-0.05, 0) is 24.1 Å². The number of anilines is 1. The summed E-state index contributed by atoms with van der Waals surface area (Å²) in [7, 11) is 0. The van der Waals surface area contributed by atoms with Gasteiger partial charge in [0.05, 0.1) is 6.54 Å². The minimum Gasteiger partial charge on any atom is -0.464 e. The Balaban J connectivity index is 1.99. The highest BCUT2D eigenvalue weighted by atomic mass is 35.5. The fourth-order valence-corrected chi connectivity index (χ4v) is 2.47. The molecule has 21 heavy (non-hydrogen) atoms. The van der Waals surface area contributed by atoms with E-state index in [4.69, 9.17) is 16.3 Å². The molecule has 114 valence electrons. The van der Waals surface area contributed by atoms with Crippen LogP contribution in [-0.4, -0.2) is 43.1 Å². The second-order valence-electron chi connectivity index (χ2n) is 4.91. The second-order valence-corrected chi connectivity index (χ2v) is 5.18. The number of carbonyl (C=O) groups is 2. The smallest absolute Gasteiger partial charge is 0.324 e. The van der Waals surface area contributed by atoms with Crippen LogP contribution in [0, 0.1) is 0 Å². The first-order valence-electron chi connectivity index (χ1n) is 6.96. The summed E-state index contributed by atoms with van der Waals surface area (Å²) in [5.74, 6) is 0.135. The summed E-state index contributed by atoms with van der Waals surface area (Å²) in [5.41, 5.74) is 1.89. The van der Waals surface area contributed by atoms with Gasteiger partial charge in [0.2, 0.25) is 0 Å². The maximum absolute atomic E-state index is 12.4. The normalized spacial score (nSPS) is 15.2. The van der Waals surface area contributed by atoms with Crippen molar-refractivity contribution in [1.82, 2.24) is 4.90 Å². The van der Waals surface area contributed by atoms with Gasteiger partial charge in [-0.1, -0.05) is 12.1 Å². The van der Waals surface area contributed by atoms with Gasteiger partial charge in [0.1, 0.15) is 6.61 Å². The number of nitrogens with zero attached hydrogens (tertiary/aromatic N) is 2. The van der Waals surface area contributed by atoms with Crippen LogP contribution in [0.25, 0.3) is 0 Å². The van der Waals surface area contributed by atoms with Gasteiger partial charge < -0.3 is 9.64 Å². The molecule has 5 nitrogen and oxygen atoms in total. The summed E-state index contributed by atoms with van der Waals surface area (Å²) in [4.78, 5) is 26.7. The Hall–Kier alpha value is -1.75. The van der Waals surface area contributed by atoms with E-state index in [0.29, 0.717) is 25.5 Å². The van der Waals surface area contributed by atoms with Crippen molar-refractivity contribution in [2.24, 2.45) is 0 Å². The molecule has 1 aromatic carbocycles. The zero-order chi connectivity index (χ0) is 15.2. The molecule has 0 spiro atoms. The predicted molar refractivity (Wildman–Crippen MR) is 81.6 cm³/mol. The molecule has 1 aliphatic rings. The minimum atomic E-state index is -0.326. The van der Waals surface area contributed by atoms with Gasteiger partial charge in [-0.2, -0.15) is 0 Å². The second kappa shape index (κ2) is 7.31. The Bertz CT molecular complexity index is 504. The molecule has 1 fully saturated rings. The molecule has 1 heterocycles. The number of ether oxygens (including phenoxy) is 1. The highest BCUT2D eigenvalue weighted by molar-refractivity contribution is 6.17. The summed E-state index contributed by atoms with van der Waals surface area (Å²) < 4.78 is 4.90. The number of hydrogen-bond donors (Lipinski definition) is 0. The third-order valence-electron chi connectivity index (χ3n) is 3.38. The van der Waals surface area contributed by atoms with Gasteiger partial charge in [0, 0.05) is 31.6 Å². The lowest BCUT2D eigenvalue weighted by atomic mass is 10.2. The molecule has 0 N–H and O–H groups in total. The largest absolute Gasteiger partial charge is 0.464 e. The van der Waals surface area contributed by atoms with Crippen LogP contribution in [0.1, 0.15) is 18.9 Å². The van der Waals surface area contributed by atoms with E-state index in [1.807, 2.05) is 24.3 Å². The zero-order valence-corrected chi connectivity index (χ0v) is 12.8. The molecule has 0 aromatic heterocycles. The van der Waals surface area contributed by atoms with Crippen molar-refractivity contribution in [3.63, 3.8) is 0 Å². The number of alkyl halides is 1. The molecule has 0 radical (unpaired) electrons. The topological polar surface area (TPSA) is 49.9 Å². The number of carbonyl (C=O) groups excluding carboxylic acids is 2. The van der Waals surface area contributed by atoms with Gasteiger partial charge >= 0.3 is 12.0 Å². The molecule has 6 heteroatoms. The molecule has 1 aromatic rings. The van der Waals surface area contributed by atoms with Gasteiger partial charge in [0.25, 0.3) is 0 Å². The summed E-state index contributed by atoms with van der Waals surface area (Å²) in [5, 5.41) is 0. The fraction of sp³-hybridized carbons (Fsp3) is 0.467. The Morgan fingerprint density at radius 3 is 2.62 bits per heavy atom. The van der Waals surface area contributed by atoms with Crippen LogP contribution < -0.4 is 4.90 Å². The van der Waals surface area contributed by atoms with Crippen molar-refractivity contribution >= 4 is 29.3 Å². The molecule has 0 unspecified atom stereocenters. The van der Waals surface area contributed by atoms with E-state index >= 15 is 0 Å². The van der Waals surface area contributed by atoms with Crippen molar-refractivity contribution in [1.29, 1.82) is 0 Å². The number of hydrogen-bond acceptors (Lipinski definition) is 3. The Morgan fingerprint density at radius 2 is 2.00 bits per heavy atom. The molecule has 0 saturated carbocycles. The first-order valence-corrected chi connectivity index (χ1v) is 7.50. The highest BCUT2D eigenvalue weighted by Crippen LogP contribution is 2.21. The molecular weight excluding hydrogens is 292 g/mol. The van der Waals surface area contributed by atoms with Crippen LogP contribution in [0.4, 0.5) is 10.5 Å². The molecule has 1 saturated heterocycles. The van der Waals surface area contributed by atoms with Gasteiger partial charge in [-0.15, -0.1) is 11.6 Å². The van der Waals surface area contributed by atoms with E-state index in [1.165, 1.54) is 6.92 Å². The molecule has 0 aliphatic carbocycles.